The summed E-state index contributed by atoms with van der Waals surface area (Å²) in [5.41, 5.74) is 10.0. The second-order valence-electron chi connectivity index (χ2n) is 14.4. The summed E-state index contributed by atoms with van der Waals surface area (Å²) in [6.07, 6.45) is 3.34. The quantitative estimate of drug-likeness (QED) is 0.0905. The third-order valence-corrected chi connectivity index (χ3v) is 11.8. The molecule has 5 aromatic carbocycles. The molecule has 8 nitrogen and oxygen atoms in total. The van der Waals surface area contributed by atoms with Gasteiger partial charge in [-0.15, -0.1) is 0 Å². The van der Waals surface area contributed by atoms with Gasteiger partial charge in [-0.3, -0.25) is 14.9 Å². The van der Waals surface area contributed by atoms with Gasteiger partial charge >= 0.3 is 6.03 Å². The molecule has 8 rings (SSSR count). The maximum Gasteiger partial charge on any atom is 0.335 e. The van der Waals surface area contributed by atoms with E-state index in [1.807, 2.05) is 43.3 Å². The van der Waals surface area contributed by atoms with Crippen LogP contribution >= 0.6 is 22.6 Å². The molecule has 55 heavy (non-hydrogen) atoms. The number of benzene rings is 5. The first-order valence-electron chi connectivity index (χ1n) is 18.8. The molecule has 5 aromatic rings. The Morgan fingerprint density at radius 1 is 0.782 bits per heavy atom. The highest BCUT2D eigenvalue weighted by Crippen LogP contribution is 2.50. The zero-order chi connectivity index (χ0) is 38.2. The van der Waals surface area contributed by atoms with E-state index >= 15 is 0 Å². The molecule has 278 valence electrons. The highest BCUT2D eigenvalue weighted by Gasteiger charge is 2.40. The smallest absolute Gasteiger partial charge is 0.335 e. The van der Waals surface area contributed by atoms with Crippen LogP contribution in [0.4, 0.5) is 16.2 Å². The Labute approximate surface area is 335 Å². The minimum Gasteiger partial charge on any atom is -0.490 e. The third-order valence-electron chi connectivity index (χ3n) is 11.0. The first-order valence-corrected chi connectivity index (χ1v) is 19.9. The number of nitrogens with zero attached hydrogens (tertiary/aromatic N) is 2. The van der Waals surface area contributed by atoms with Crippen LogP contribution in [0.2, 0.25) is 0 Å². The lowest BCUT2D eigenvalue weighted by atomic mass is 9.76. The first-order chi connectivity index (χ1) is 26.7. The fourth-order valence-electron chi connectivity index (χ4n) is 8.15. The number of ether oxygens (including phenoxy) is 2. The lowest BCUT2D eigenvalue weighted by Crippen LogP contribution is -2.54. The van der Waals surface area contributed by atoms with Crippen molar-refractivity contribution in [2.45, 2.75) is 52.1 Å². The van der Waals surface area contributed by atoms with Crippen molar-refractivity contribution in [1.29, 1.82) is 0 Å². The Balaban J connectivity index is 1.18. The predicted molar refractivity (Wildman–Crippen MR) is 224 cm³/mol. The SMILES string of the molecule is CCOc1cc(/C=C2\C(=O)NC(=O)N(c3cc4c5c(c3)[C@H](c3ccccc3)CCN5CC[C@@H]4c3ccccc3)C2=O)cc(I)c1OCc1ccc(C)c(C)c1. The van der Waals surface area contributed by atoms with Crippen molar-refractivity contribution in [3.8, 4) is 11.5 Å². The number of imide groups is 2. The molecule has 3 aliphatic heterocycles. The molecule has 2 atom stereocenters. The Morgan fingerprint density at radius 2 is 1.42 bits per heavy atom. The average molecular weight is 844 g/mol. The Kier molecular flexibility index (Phi) is 10.2. The number of anilines is 2. The van der Waals surface area contributed by atoms with Crippen molar-refractivity contribution in [2.75, 3.05) is 29.5 Å². The average Bonchev–Trinajstić information content (AvgIpc) is 3.18. The van der Waals surface area contributed by atoms with Crippen molar-refractivity contribution in [1.82, 2.24) is 5.32 Å². The number of hydrogen-bond acceptors (Lipinski definition) is 6. The summed E-state index contributed by atoms with van der Waals surface area (Å²) >= 11 is 2.19. The van der Waals surface area contributed by atoms with Crippen LogP contribution in [0.5, 0.6) is 11.5 Å². The number of hydrogen-bond donors (Lipinski definition) is 1. The van der Waals surface area contributed by atoms with Gasteiger partial charge in [0.2, 0.25) is 0 Å². The molecule has 1 saturated heterocycles. The van der Waals surface area contributed by atoms with E-state index in [2.05, 4.69) is 107 Å². The Morgan fingerprint density at radius 3 is 2.02 bits per heavy atom. The molecule has 0 aliphatic carbocycles. The van der Waals surface area contributed by atoms with E-state index in [9.17, 15) is 14.4 Å². The lowest BCUT2D eigenvalue weighted by Gasteiger charge is -2.44. The van der Waals surface area contributed by atoms with Crippen LogP contribution in [0.3, 0.4) is 0 Å². The van der Waals surface area contributed by atoms with E-state index in [4.69, 9.17) is 9.47 Å². The highest BCUT2D eigenvalue weighted by atomic mass is 127. The molecular weight excluding hydrogens is 801 g/mol. The van der Waals surface area contributed by atoms with Crippen molar-refractivity contribution in [3.05, 3.63) is 157 Å². The molecular formula is C46H42IN3O5. The van der Waals surface area contributed by atoms with Gasteiger partial charge in [0.25, 0.3) is 11.8 Å². The van der Waals surface area contributed by atoms with Crippen LogP contribution in [-0.2, 0) is 16.2 Å². The minimum atomic E-state index is -0.769. The highest BCUT2D eigenvalue weighted by molar-refractivity contribution is 14.1. The van der Waals surface area contributed by atoms with E-state index in [-0.39, 0.29) is 17.4 Å². The third kappa shape index (κ3) is 7.13. The summed E-state index contributed by atoms with van der Waals surface area (Å²) in [7, 11) is 0. The predicted octanol–water partition coefficient (Wildman–Crippen LogP) is 9.43. The molecule has 3 aliphatic rings. The monoisotopic (exact) mass is 843 g/mol. The standard InChI is InChI=1S/C46H42IN3O5/c1-4-54-41-24-31(23-40(47)43(41)55-27-30-16-15-28(2)29(3)21-30)22-39-44(51)48-46(53)50(45(39)52)34-25-37-35(32-11-7-5-8-12-32)17-19-49-20-18-36(38(26-34)42(37)49)33-13-9-6-10-14-33/h5-16,21-26,35-36H,4,17-20,27H2,1-3H3,(H,48,51,53)/b39-22+/t35-,36+. The molecule has 9 heteroatoms. The van der Waals surface area contributed by atoms with Gasteiger partial charge < -0.3 is 14.4 Å². The summed E-state index contributed by atoms with van der Waals surface area (Å²) < 4.78 is 13.1. The van der Waals surface area contributed by atoms with Gasteiger partial charge in [-0.05, 0) is 131 Å². The Hall–Kier alpha value is -5.42. The zero-order valence-electron chi connectivity index (χ0n) is 31.1. The first kappa shape index (κ1) is 36.6. The fraction of sp³-hybridized carbons (Fsp3) is 0.239. The van der Waals surface area contributed by atoms with Gasteiger partial charge in [-0.2, -0.15) is 0 Å². The maximum absolute atomic E-state index is 14.5. The van der Waals surface area contributed by atoms with Crippen molar-refractivity contribution >= 4 is 57.9 Å². The number of halogens is 1. The maximum atomic E-state index is 14.5. The van der Waals surface area contributed by atoms with E-state index in [1.165, 1.54) is 34.0 Å². The molecule has 3 heterocycles. The van der Waals surface area contributed by atoms with Crippen LogP contribution in [0, 0.1) is 17.4 Å². The number of urea groups is 1. The second-order valence-corrected chi connectivity index (χ2v) is 15.6. The van der Waals surface area contributed by atoms with Gasteiger partial charge in [-0.1, -0.05) is 78.9 Å². The molecule has 4 amide bonds. The zero-order valence-corrected chi connectivity index (χ0v) is 33.3. The van der Waals surface area contributed by atoms with Crippen molar-refractivity contribution in [3.63, 3.8) is 0 Å². The number of barbiturate groups is 1. The topological polar surface area (TPSA) is 88.2 Å². The summed E-state index contributed by atoms with van der Waals surface area (Å²) in [6, 6.07) is 33.9. The summed E-state index contributed by atoms with van der Waals surface area (Å²) in [5.74, 6) is -0.190. The number of aryl methyl sites for hydroxylation is 2. The normalized spacial score (nSPS) is 18.6. The van der Waals surface area contributed by atoms with Gasteiger partial charge in [0.15, 0.2) is 11.5 Å². The van der Waals surface area contributed by atoms with Crippen molar-refractivity contribution < 1.29 is 23.9 Å². The van der Waals surface area contributed by atoms with E-state index < -0.39 is 17.8 Å². The van der Waals surface area contributed by atoms with E-state index in [0.29, 0.717) is 36.0 Å². The number of nitrogens with one attached hydrogen (secondary N) is 1. The fourth-order valence-corrected chi connectivity index (χ4v) is 8.93. The molecule has 1 N–H and O–H groups in total. The van der Waals surface area contributed by atoms with Gasteiger partial charge in [0, 0.05) is 30.6 Å². The number of carbonyl (C=O) groups excluding carboxylic acids is 3. The molecule has 0 saturated carbocycles. The van der Waals surface area contributed by atoms with Gasteiger partial charge in [-0.25, -0.2) is 9.69 Å². The second kappa shape index (κ2) is 15.4. The molecule has 0 spiro atoms. The van der Waals surface area contributed by atoms with E-state index in [1.54, 1.807) is 6.07 Å². The number of amides is 4. The van der Waals surface area contributed by atoms with Gasteiger partial charge in [0.1, 0.15) is 12.2 Å². The van der Waals surface area contributed by atoms with Crippen LogP contribution < -0.4 is 24.6 Å². The minimum absolute atomic E-state index is 0.0788. The number of carbonyl (C=O) groups is 3. The van der Waals surface area contributed by atoms with Crippen LogP contribution in [-0.4, -0.2) is 37.5 Å². The molecule has 0 aromatic heterocycles. The summed E-state index contributed by atoms with van der Waals surface area (Å²) in [4.78, 5) is 45.2. The van der Waals surface area contributed by atoms with E-state index in [0.717, 1.165) is 51.1 Å². The van der Waals surface area contributed by atoms with Crippen LogP contribution in [0.15, 0.2) is 109 Å². The van der Waals surface area contributed by atoms with Gasteiger partial charge in [0.05, 0.1) is 15.9 Å². The molecule has 0 bridgehead atoms. The van der Waals surface area contributed by atoms with Crippen LogP contribution in [0.1, 0.15) is 76.1 Å². The molecule has 0 unspecified atom stereocenters. The van der Waals surface area contributed by atoms with Crippen LogP contribution in [0.25, 0.3) is 6.08 Å². The largest absolute Gasteiger partial charge is 0.490 e. The summed E-state index contributed by atoms with van der Waals surface area (Å²) in [5, 5.41) is 2.46. The molecule has 0 radical (unpaired) electrons. The Bertz CT molecular complexity index is 2270. The molecule has 1 fully saturated rings. The lowest BCUT2D eigenvalue weighted by molar-refractivity contribution is -0.122. The van der Waals surface area contributed by atoms with Crippen molar-refractivity contribution in [2.24, 2.45) is 0 Å². The number of rotatable bonds is 9. The summed E-state index contributed by atoms with van der Waals surface area (Å²) in [6.45, 7) is 8.63.